The third-order valence-corrected chi connectivity index (χ3v) is 4.23. The Labute approximate surface area is 138 Å². The number of halogens is 1. The zero-order chi connectivity index (χ0) is 15.2. The van der Waals surface area contributed by atoms with Crippen LogP contribution in [0.3, 0.4) is 0 Å². The van der Waals surface area contributed by atoms with Crippen molar-refractivity contribution in [1.29, 1.82) is 0 Å². The van der Waals surface area contributed by atoms with Crippen LogP contribution in [0.1, 0.15) is 24.3 Å². The quantitative estimate of drug-likeness (QED) is 0.762. The van der Waals surface area contributed by atoms with Gasteiger partial charge in [-0.3, -0.25) is 9.78 Å². The first-order chi connectivity index (χ1) is 10.2. The van der Waals surface area contributed by atoms with Gasteiger partial charge >= 0.3 is 0 Å². The van der Waals surface area contributed by atoms with E-state index in [1.807, 2.05) is 18.2 Å². The first kappa shape index (κ1) is 16.1. The summed E-state index contributed by atoms with van der Waals surface area (Å²) in [6, 6.07) is 5.76. The molecule has 1 amide bonds. The molecule has 0 radical (unpaired) electrons. The van der Waals surface area contributed by atoms with E-state index in [9.17, 15) is 4.79 Å². The summed E-state index contributed by atoms with van der Waals surface area (Å²) in [6.07, 6.45) is 1.54. The molecule has 2 rings (SSSR count). The Hall–Kier alpha value is -1.28. The number of nitrogens with one attached hydrogen (secondary N) is 1. The molecule has 2 aromatic rings. The van der Waals surface area contributed by atoms with Gasteiger partial charge in [0, 0.05) is 16.7 Å². The van der Waals surface area contributed by atoms with Crippen molar-refractivity contribution in [2.45, 2.75) is 13.8 Å². The van der Waals surface area contributed by atoms with Crippen molar-refractivity contribution in [3.05, 3.63) is 33.7 Å². The molecule has 0 saturated heterocycles. The molecule has 0 bridgehead atoms. The second-order valence-corrected chi connectivity index (χ2v) is 5.81. The summed E-state index contributed by atoms with van der Waals surface area (Å²) in [5, 5.41) is 2.89. The minimum absolute atomic E-state index is 0.171. The lowest BCUT2D eigenvalue weighted by atomic mass is 10.3. The number of rotatable bonds is 6. The van der Waals surface area contributed by atoms with Crippen LogP contribution in [0.25, 0.3) is 11.0 Å². The fraction of sp³-hybridized carbons (Fsp3) is 0.400. The third kappa shape index (κ3) is 4.10. The number of para-hydroxylation sites is 1. The van der Waals surface area contributed by atoms with Gasteiger partial charge in [0.1, 0.15) is 11.2 Å². The predicted molar refractivity (Wildman–Crippen MR) is 92.4 cm³/mol. The Kier molecular flexibility index (Phi) is 5.86. The number of hydrogen-bond donors (Lipinski definition) is 1. The van der Waals surface area contributed by atoms with Crippen LogP contribution in [0.4, 0.5) is 0 Å². The number of nitrogens with zero attached hydrogens (tertiary/aromatic N) is 3. The van der Waals surface area contributed by atoms with Crippen LogP contribution in [0, 0.1) is 3.57 Å². The van der Waals surface area contributed by atoms with Crippen molar-refractivity contribution < 1.29 is 4.79 Å². The van der Waals surface area contributed by atoms with E-state index in [1.54, 1.807) is 0 Å². The second-order valence-electron chi connectivity index (χ2n) is 4.65. The third-order valence-electron chi connectivity index (χ3n) is 3.36. The van der Waals surface area contributed by atoms with Gasteiger partial charge in [0.05, 0.1) is 11.7 Å². The van der Waals surface area contributed by atoms with Crippen molar-refractivity contribution in [2.24, 2.45) is 0 Å². The molecule has 0 fully saturated rings. The first-order valence-corrected chi connectivity index (χ1v) is 8.15. The van der Waals surface area contributed by atoms with E-state index in [-0.39, 0.29) is 5.91 Å². The van der Waals surface area contributed by atoms with E-state index >= 15 is 0 Å². The minimum atomic E-state index is -0.171. The van der Waals surface area contributed by atoms with Crippen LogP contribution in [0.15, 0.2) is 24.4 Å². The fourth-order valence-electron chi connectivity index (χ4n) is 2.07. The van der Waals surface area contributed by atoms with E-state index in [4.69, 9.17) is 0 Å². The van der Waals surface area contributed by atoms with Crippen molar-refractivity contribution in [1.82, 2.24) is 20.2 Å². The molecule has 1 N–H and O–H groups in total. The highest BCUT2D eigenvalue weighted by Crippen LogP contribution is 2.16. The summed E-state index contributed by atoms with van der Waals surface area (Å²) >= 11 is 2.22. The number of aromatic nitrogens is 2. The number of fused-ring (bicyclic) bond motifs is 1. The maximum atomic E-state index is 12.1. The van der Waals surface area contributed by atoms with Crippen LogP contribution in [0.5, 0.6) is 0 Å². The number of benzene rings is 1. The summed E-state index contributed by atoms with van der Waals surface area (Å²) < 4.78 is 1.03. The van der Waals surface area contributed by atoms with Gasteiger partial charge < -0.3 is 10.2 Å². The number of amides is 1. The van der Waals surface area contributed by atoms with Gasteiger partial charge in [0.15, 0.2) is 0 Å². The first-order valence-electron chi connectivity index (χ1n) is 7.07. The number of likely N-dealkylation sites (N-methyl/N-ethyl adjacent to an activating group) is 1. The summed E-state index contributed by atoms with van der Waals surface area (Å²) in [6.45, 7) is 7.66. The largest absolute Gasteiger partial charge is 0.349 e. The van der Waals surface area contributed by atoms with Gasteiger partial charge in [-0.1, -0.05) is 19.9 Å². The molecule has 5 nitrogen and oxygen atoms in total. The molecule has 1 aromatic carbocycles. The van der Waals surface area contributed by atoms with Crippen molar-refractivity contribution in [3.8, 4) is 0 Å². The Bertz CT molecular complexity index is 628. The van der Waals surface area contributed by atoms with Crippen molar-refractivity contribution in [2.75, 3.05) is 26.2 Å². The highest BCUT2D eigenvalue weighted by Gasteiger charge is 2.10. The lowest BCUT2D eigenvalue weighted by molar-refractivity contribution is 0.0944. The molecule has 0 unspecified atom stereocenters. The van der Waals surface area contributed by atoms with Gasteiger partial charge in [-0.25, -0.2) is 4.98 Å². The normalized spacial score (nSPS) is 11.0. The monoisotopic (exact) mass is 396 g/mol. The molecule has 0 aliphatic carbocycles. The lowest BCUT2D eigenvalue weighted by Gasteiger charge is -2.17. The summed E-state index contributed by atoms with van der Waals surface area (Å²) in [7, 11) is 0. The van der Waals surface area contributed by atoms with Crippen LogP contribution >= 0.6 is 22.6 Å². The van der Waals surface area contributed by atoms with Gasteiger partial charge in [-0.15, -0.1) is 0 Å². The Balaban J connectivity index is 2.03. The van der Waals surface area contributed by atoms with Crippen molar-refractivity contribution in [3.63, 3.8) is 0 Å². The molecular weight excluding hydrogens is 377 g/mol. The van der Waals surface area contributed by atoms with Gasteiger partial charge in [-0.2, -0.15) is 0 Å². The molecular formula is C15H19IN4O. The lowest BCUT2D eigenvalue weighted by Crippen LogP contribution is -2.35. The summed E-state index contributed by atoms with van der Waals surface area (Å²) in [5.74, 6) is -0.171. The average molecular weight is 396 g/mol. The highest BCUT2D eigenvalue weighted by molar-refractivity contribution is 14.1. The van der Waals surface area contributed by atoms with Gasteiger partial charge in [0.25, 0.3) is 5.91 Å². The highest BCUT2D eigenvalue weighted by atomic mass is 125. The van der Waals surface area contributed by atoms with E-state index in [0.29, 0.717) is 12.2 Å². The van der Waals surface area contributed by atoms with E-state index < -0.39 is 0 Å². The molecule has 1 aromatic heterocycles. The smallest absolute Gasteiger partial charge is 0.271 e. The van der Waals surface area contributed by atoms with Gasteiger partial charge in [-0.05, 0) is 47.8 Å². The number of carbonyl (C=O) groups is 1. The molecule has 21 heavy (non-hydrogen) atoms. The SMILES string of the molecule is CCN(CC)CCNC(=O)c1cnc2c([125I])cccc2n1. The Morgan fingerprint density at radius 2 is 2.10 bits per heavy atom. The van der Waals surface area contributed by atoms with Crippen molar-refractivity contribution >= 4 is 39.5 Å². The molecule has 0 aliphatic rings. The van der Waals surface area contributed by atoms with E-state index in [1.165, 1.54) is 6.20 Å². The van der Waals surface area contributed by atoms with E-state index in [0.717, 1.165) is 34.2 Å². The van der Waals surface area contributed by atoms with Crippen LogP contribution < -0.4 is 5.32 Å². The molecule has 0 spiro atoms. The Morgan fingerprint density at radius 1 is 1.33 bits per heavy atom. The molecule has 1 heterocycles. The number of carbonyl (C=O) groups excluding carboxylic acids is 1. The maximum absolute atomic E-state index is 12.1. The average Bonchev–Trinajstić information content (AvgIpc) is 2.51. The number of hydrogen-bond acceptors (Lipinski definition) is 4. The molecule has 0 aliphatic heterocycles. The topological polar surface area (TPSA) is 58.1 Å². The predicted octanol–water partition coefficient (Wildman–Crippen LogP) is 2.31. The zero-order valence-corrected chi connectivity index (χ0v) is 14.4. The zero-order valence-electron chi connectivity index (χ0n) is 12.3. The minimum Gasteiger partial charge on any atom is -0.349 e. The summed E-state index contributed by atoms with van der Waals surface area (Å²) in [4.78, 5) is 23.1. The standard InChI is InChI=1S/C15H19IN4O/c1-3-20(4-2)9-8-17-15(21)13-10-18-14-11(16)6-5-7-12(14)19-13/h5-7,10H,3-4,8-9H2,1-2H3,(H,17,21)/i16-2. The Morgan fingerprint density at radius 3 is 2.81 bits per heavy atom. The fourth-order valence-corrected chi connectivity index (χ4v) is 2.70. The molecule has 0 atom stereocenters. The summed E-state index contributed by atoms with van der Waals surface area (Å²) in [5.41, 5.74) is 1.94. The molecule has 112 valence electrons. The second kappa shape index (κ2) is 7.65. The van der Waals surface area contributed by atoms with Gasteiger partial charge in [0.2, 0.25) is 0 Å². The van der Waals surface area contributed by atoms with Crippen LogP contribution in [-0.2, 0) is 0 Å². The molecule has 0 saturated carbocycles. The molecule has 6 heteroatoms. The van der Waals surface area contributed by atoms with Crippen LogP contribution in [0.2, 0.25) is 0 Å². The van der Waals surface area contributed by atoms with E-state index in [2.05, 4.69) is 56.6 Å². The maximum Gasteiger partial charge on any atom is 0.271 e. The van der Waals surface area contributed by atoms with Crippen LogP contribution in [-0.4, -0.2) is 47.0 Å².